The van der Waals surface area contributed by atoms with Crippen molar-refractivity contribution in [3.8, 4) is 0 Å². The predicted octanol–water partition coefficient (Wildman–Crippen LogP) is 3.82. The molecule has 118 valence electrons. The zero-order valence-corrected chi connectivity index (χ0v) is 13.2. The monoisotopic (exact) mass is 296 g/mol. The van der Waals surface area contributed by atoms with Crippen molar-refractivity contribution in [1.82, 2.24) is 5.32 Å². The standard InChI is InChI=1S/C17H26F2N2/c1-12(2)6-7-20-15-8-13(3)10-21(11-15)17-9-14(18)4-5-16(17)19/h4-5,9,12-13,15,20H,6-8,10-11H2,1-3H3. The molecule has 1 aromatic carbocycles. The van der Waals surface area contributed by atoms with E-state index in [4.69, 9.17) is 0 Å². The topological polar surface area (TPSA) is 15.3 Å². The van der Waals surface area contributed by atoms with Gasteiger partial charge in [-0.1, -0.05) is 20.8 Å². The Morgan fingerprint density at radius 3 is 2.76 bits per heavy atom. The van der Waals surface area contributed by atoms with Crippen molar-refractivity contribution in [2.45, 2.75) is 39.7 Å². The lowest BCUT2D eigenvalue weighted by Crippen LogP contribution is -2.49. The lowest BCUT2D eigenvalue weighted by molar-refractivity contribution is 0.342. The average Bonchev–Trinajstić information content (AvgIpc) is 2.40. The number of halogens is 2. The largest absolute Gasteiger partial charge is 0.367 e. The van der Waals surface area contributed by atoms with E-state index in [0.717, 1.165) is 32.5 Å². The Balaban J connectivity index is 2.01. The summed E-state index contributed by atoms with van der Waals surface area (Å²) in [7, 11) is 0. The first-order valence-corrected chi connectivity index (χ1v) is 7.89. The first-order valence-electron chi connectivity index (χ1n) is 7.89. The summed E-state index contributed by atoms with van der Waals surface area (Å²) < 4.78 is 27.3. The number of rotatable bonds is 5. The fourth-order valence-electron chi connectivity index (χ4n) is 3.00. The second kappa shape index (κ2) is 7.21. The van der Waals surface area contributed by atoms with Crippen LogP contribution in [-0.4, -0.2) is 25.7 Å². The molecule has 4 heteroatoms. The van der Waals surface area contributed by atoms with Crippen LogP contribution in [-0.2, 0) is 0 Å². The lowest BCUT2D eigenvalue weighted by atomic mass is 9.95. The Hall–Kier alpha value is -1.16. The van der Waals surface area contributed by atoms with Crippen LogP contribution in [0.5, 0.6) is 0 Å². The van der Waals surface area contributed by atoms with Gasteiger partial charge in [0.05, 0.1) is 5.69 Å². The molecule has 0 aliphatic carbocycles. The smallest absolute Gasteiger partial charge is 0.146 e. The molecule has 1 fully saturated rings. The van der Waals surface area contributed by atoms with Gasteiger partial charge in [0, 0.05) is 25.2 Å². The summed E-state index contributed by atoms with van der Waals surface area (Å²) in [5.41, 5.74) is 0.386. The van der Waals surface area contributed by atoms with Crippen LogP contribution >= 0.6 is 0 Å². The van der Waals surface area contributed by atoms with E-state index in [0.29, 0.717) is 23.6 Å². The number of benzene rings is 1. The summed E-state index contributed by atoms with van der Waals surface area (Å²) in [6, 6.07) is 4.03. The molecule has 0 radical (unpaired) electrons. The van der Waals surface area contributed by atoms with Gasteiger partial charge in [-0.3, -0.25) is 0 Å². The predicted molar refractivity (Wildman–Crippen MR) is 83.6 cm³/mol. The normalized spacial score (nSPS) is 22.9. The van der Waals surface area contributed by atoms with Crippen molar-refractivity contribution < 1.29 is 8.78 Å². The maximum atomic E-state index is 13.9. The molecule has 0 aromatic heterocycles. The third-order valence-corrected chi connectivity index (χ3v) is 4.06. The Kier molecular flexibility index (Phi) is 5.57. The van der Waals surface area contributed by atoms with E-state index in [1.165, 1.54) is 18.2 Å². The molecule has 2 unspecified atom stereocenters. The molecule has 1 aromatic rings. The molecule has 0 spiro atoms. The second-order valence-electron chi connectivity index (χ2n) is 6.68. The van der Waals surface area contributed by atoms with E-state index in [2.05, 4.69) is 26.1 Å². The van der Waals surface area contributed by atoms with Crippen LogP contribution in [0.15, 0.2) is 18.2 Å². The van der Waals surface area contributed by atoms with Crippen molar-refractivity contribution in [3.63, 3.8) is 0 Å². The van der Waals surface area contributed by atoms with Gasteiger partial charge in [0.25, 0.3) is 0 Å². The molecular formula is C17H26F2N2. The molecule has 21 heavy (non-hydrogen) atoms. The van der Waals surface area contributed by atoms with Crippen LogP contribution in [0.4, 0.5) is 14.5 Å². The zero-order chi connectivity index (χ0) is 15.4. The first kappa shape index (κ1) is 16.2. The Morgan fingerprint density at radius 1 is 1.29 bits per heavy atom. The molecule has 1 aliphatic rings. The summed E-state index contributed by atoms with van der Waals surface area (Å²) in [6.45, 7) is 9.08. The van der Waals surface area contributed by atoms with E-state index < -0.39 is 0 Å². The average molecular weight is 296 g/mol. The van der Waals surface area contributed by atoms with Crippen molar-refractivity contribution in [2.24, 2.45) is 11.8 Å². The van der Waals surface area contributed by atoms with E-state index >= 15 is 0 Å². The van der Waals surface area contributed by atoms with Gasteiger partial charge in [-0.05, 0) is 43.4 Å². The first-order chi connectivity index (χ1) is 9.95. The van der Waals surface area contributed by atoms with Gasteiger partial charge in [-0.2, -0.15) is 0 Å². The number of anilines is 1. The van der Waals surface area contributed by atoms with Crippen LogP contribution in [0, 0.1) is 23.5 Å². The van der Waals surface area contributed by atoms with E-state index in [-0.39, 0.29) is 11.6 Å². The van der Waals surface area contributed by atoms with Gasteiger partial charge in [-0.25, -0.2) is 8.78 Å². The summed E-state index contributed by atoms with van der Waals surface area (Å²) in [6.07, 6.45) is 2.23. The van der Waals surface area contributed by atoms with Gasteiger partial charge in [0.15, 0.2) is 0 Å². The summed E-state index contributed by atoms with van der Waals surface area (Å²) in [5.74, 6) is 0.425. The second-order valence-corrected chi connectivity index (χ2v) is 6.68. The maximum Gasteiger partial charge on any atom is 0.146 e. The van der Waals surface area contributed by atoms with Gasteiger partial charge >= 0.3 is 0 Å². The molecule has 1 heterocycles. The number of piperidine rings is 1. The summed E-state index contributed by atoms with van der Waals surface area (Å²) >= 11 is 0. The Labute approximate surface area is 126 Å². The third kappa shape index (κ3) is 4.67. The van der Waals surface area contributed by atoms with Crippen molar-refractivity contribution in [3.05, 3.63) is 29.8 Å². The van der Waals surface area contributed by atoms with Gasteiger partial charge < -0.3 is 10.2 Å². The lowest BCUT2D eigenvalue weighted by Gasteiger charge is -2.38. The summed E-state index contributed by atoms with van der Waals surface area (Å²) in [4.78, 5) is 1.97. The zero-order valence-electron chi connectivity index (χ0n) is 13.2. The highest BCUT2D eigenvalue weighted by atomic mass is 19.1. The molecule has 2 nitrogen and oxygen atoms in total. The van der Waals surface area contributed by atoms with Gasteiger partial charge in [0.1, 0.15) is 11.6 Å². The molecule has 2 atom stereocenters. The molecule has 1 saturated heterocycles. The molecule has 0 saturated carbocycles. The molecule has 2 rings (SSSR count). The fourth-order valence-corrected chi connectivity index (χ4v) is 3.00. The quantitative estimate of drug-likeness (QED) is 0.888. The number of hydrogen-bond acceptors (Lipinski definition) is 2. The number of hydrogen-bond donors (Lipinski definition) is 1. The van der Waals surface area contributed by atoms with Crippen LogP contribution in [0.3, 0.4) is 0 Å². The highest BCUT2D eigenvalue weighted by Gasteiger charge is 2.26. The van der Waals surface area contributed by atoms with Crippen LogP contribution in [0.2, 0.25) is 0 Å². The Morgan fingerprint density at radius 2 is 2.05 bits per heavy atom. The minimum absolute atomic E-state index is 0.341. The Bertz CT molecular complexity index is 462. The minimum atomic E-state index is -0.381. The summed E-state index contributed by atoms with van der Waals surface area (Å²) in [5, 5.41) is 3.56. The number of nitrogens with zero attached hydrogens (tertiary/aromatic N) is 1. The van der Waals surface area contributed by atoms with E-state index in [9.17, 15) is 8.78 Å². The van der Waals surface area contributed by atoms with Crippen molar-refractivity contribution in [1.29, 1.82) is 0 Å². The van der Waals surface area contributed by atoms with E-state index in [1.54, 1.807) is 0 Å². The highest BCUT2D eigenvalue weighted by molar-refractivity contribution is 5.48. The van der Waals surface area contributed by atoms with Gasteiger partial charge in [-0.15, -0.1) is 0 Å². The maximum absolute atomic E-state index is 13.9. The third-order valence-electron chi connectivity index (χ3n) is 4.06. The minimum Gasteiger partial charge on any atom is -0.367 e. The molecule has 0 amide bonds. The fraction of sp³-hybridized carbons (Fsp3) is 0.647. The SMILES string of the molecule is CC(C)CCNC1CC(C)CN(c2cc(F)ccc2F)C1. The molecule has 1 N–H and O–H groups in total. The molecule has 1 aliphatic heterocycles. The molecular weight excluding hydrogens is 270 g/mol. The highest BCUT2D eigenvalue weighted by Crippen LogP contribution is 2.26. The van der Waals surface area contributed by atoms with Crippen molar-refractivity contribution in [2.75, 3.05) is 24.5 Å². The van der Waals surface area contributed by atoms with Crippen LogP contribution < -0.4 is 10.2 Å². The molecule has 0 bridgehead atoms. The van der Waals surface area contributed by atoms with Gasteiger partial charge in [0.2, 0.25) is 0 Å². The number of nitrogens with one attached hydrogen (secondary N) is 1. The van der Waals surface area contributed by atoms with E-state index in [1.807, 2.05) is 4.90 Å². The van der Waals surface area contributed by atoms with Crippen molar-refractivity contribution >= 4 is 5.69 Å². The van der Waals surface area contributed by atoms with Crippen LogP contribution in [0.25, 0.3) is 0 Å². The van der Waals surface area contributed by atoms with Crippen LogP contribution in [0.1, 0.15) is 33.6 Å².